The molecule has 0 bridgehead atoms. The predicted octanol–water partition coefficient (Wildman–Crippen LogP) is 2.37. The molecule has 1 aliphatic rings. The first-order chi connectivity index (χ1) is 10.0. The number of likely N-dealkylation sites (N-methyl/N-ethyl adjacent to an activating group) is 1. The second-order valence-electron chi connectivity index (χ2n) is 4.34. The first-order valence-corrected chi connectivity index (χ1v) is 7.78. The number of hydrogen-bond donors (Lipinski definition) is 2. The fourth-order valence-corrected chi connectivity index (χ4v) is 3.73. The third-order valence-corrected chi connectivity index (χ3v) is 4.88. The molecule has 0 radical (unpaired) electrons. The summed E-state index contributed by atoms with van der Waals surface area (Å²) in [4.78, 5) is 22.0. The lowest BCUT2D eigenvalue weighted by molar-refractivity contribution is -0.126. The largest absolute Gasteiger partial charge is 0.480 e. The number of aromatic nitrogens is 3. The number of carbonyl (C=O) groups is 1. The first kappa shape index (κ1) is 14.2. The lowest BCUT2D eigenvalue weighted by atomic mass is 10.3. The van der Waals surface area contributed by atoms with Crippen molar-refractivity contribution >= 4 is 39.2 Å². The Morgan fingerprint density at radius 3 is 2.86 bits per heavy atom. The zero-order valence-corrected chi connectivity index (χ0v) is 13.3. The molecular formula is C12H11BrN4O3S. The molecule has 0 spiro atoms. The van der Waals surface area contributed by atoms with Crippen LogP contribution in [0.1, 0.15) is 18.0 Å². The van der Waals surface area contributed by atoms with Gasteiger partial charge in [-0.2, -0.15) is 0 Å². The number of nitrogens with zero attached hydrogens (tertiary/aromatic N) is 4. The van der Waals surface area contributed by atoms with Crippen LogP contribution in [-0.2, 0) is 4.79 Å². The van der Waals surface area contributed by atoms with Gasteiger partial charge in [-0.25, -0.2) is 9.97 Å². The molecule has 21 heavy (non-hydrogen) atoms. The smallest absolute Gasteiger partial charge is 0.294 e. The van der Waals surface area contributed by atoms with E-state index in [4.69, 9.17) is 0 Å². The molecule has 1 amide bonds. The van der Waals surface area contributed by atoms with Crippen LogP contribution in [0.2, 0.25) is 0 Å². The van der Waals surface area contributed by atoms with Gasteiger partial charge in [-0.1, -0.05) is 11.8 Å². The van der Waals surface area contributed by atoms with E-state index in [2.05, 4.69) is 25.9 Å². The lowest BCUT2D eigenvalue weighted by Gasteiger charge is -2.21. The monoisotopic (exact) mass is 370 g/mol. The second kappa shape index (κ2) is 5.23. The standard InChI is InChI=1S/C12H11BrN4O3S/c1-2-16-10(18)9(12(19)20)21-11(16)6-3-15-8-4-14-7(13)5-17(6)8/h3-5,11,19-20H,2H2,1H3. The van der Waals surface area contributed by atoms with E-state index in [0.717, 1.165) is 17.5 Å². The fourth-order valence-electron chi connectivity index (χ4n) is 2.21. The molecular weight excluding hydrogens is 360 g/mol. The quantitative estimate of drug-likeness (QED) is 0.622. The summed E-state index contributed by atoms with van der Waals surface area (Å²) >= 11 is 4.40. The molecule has 1 unspecified atom stereocenters. The van der Waals surface area contributed by atoms with Gasteiger partial charge in [-0.15, -0.1) is 0 Å². The van der Waals surface area contributed by atoms with Crippen molar-refractivity contribution in [2.75, 3.05) is 6.54 Å². The van der Waals surface area contributed by atoms with Gasteiger partial charge in [0.2, 0.25) is 0 Å². The van der Waals surface area contributed by atoms with Crippen LogP contribution in [0.3, 0.4) is 0 Å². The molecule has 0 aliphatic carbocycles. The Bertz CT molecular complexity index is 756. The van der Waals surface area contributed by atoms with E-state index in [1.165, 1.54) is 0 Å². The molecule has 0 saturated carbocycles. The van der Waals surface area contributed by atoms with Crippen LogP contribution in [0, 0.1) is 0 Å². The molecule has 110 valence electrons. The molecule has 2 N–H and O–H groups in total. The Morgan fingerprint density at radius 2 is 2.19 bits per heavy atom. The molecule has 2 aromatic heterocycles. The van der Waals surface area contributed by atoms with Crippen LogP contribution in [0.5, 0.6) is 0 Å². The number of aliphatic hydroxyl groups is 2. The molecule has 1 aliphatic heterocycles. The summed E-state index contributed by atoms with van der Waals surface area (Å²) in [5.41, 5.74) is 1.42. The summed E-state index contributed by atoms with van der Waals surface area (Å²) < 4.78 is 2.47. The number of halogens is 1. The molecule has 1 atom stereocenters. The van der Waals surface area contributed by atoms with E-state index in [1.807, 2.05) is 11.3 Å². The number of carbonyl (C=O) groups excluding carboxylic acids is 1. The van der Waals surface area contributed by atoms with E-state index < -0.39 is 11.9 Å². The van der Waals surface area contributed by atoms with Crippen LogP contribution in [-0.4, -0.2) is 41.9 Å². The summed E-state index contributed by atoms with van der Waals surface area (Å²) in [6.07, 6.45) is 5.04. The van der Waals surface area contributed by atoms with E-state index in [1.54, 1.807) is 23.5 Å². The Balaban J connectivity index is 2.11. The number of hydrogen-bond acceptors (Lipinski definition) is 6. The summed E-state index contributed by atoms with van der Waals surface area (Å²) in [6.45, 7) is 2.29. The zero-order chi connectivity index (χ0) is 15.1. The third-order valence-electron chi connectivity index (χ3n) is 3.16. The number of amides is 1. The zero-order valence-electron chi connectivity index (χ0n) is 10.9. The number of thioether (sulfide) groups is 1. The van der Waals surface area contributed by atoms with Gasteiger partial charge in [-0.05, 0) is 22.9 Å². The molecule has 2 aromatic rings. The SMILES string of the molecule is CCN1C(=O)C(=C(O)O)SC1c1cnc2cnc(Br)cn12. The van der Waals surface area contributed by atoms with Gasteiger partial charge < -0.3 is 15.1 Å². The summed E-state index contributed by atoms with van der Waals surface area (Å²) in [5, 5.41) is 18.1. The summed E-state index contributed by atoms with van der Waals surface area (Å²) in [7, 11) is 0. The highest BCUT2D eigenvalue weighted by molar-refractivity contribution is 9.10. The van der Waals surface area contributed by atoms with Crippen molar-refractivity contribution in [3.8, 4) is 0 Å². The van der Waals surface area contributed by atoms with Crippen molar-refractivity contribution < 1.29 is 15.0 Å². The highest BCUT2D eigenvalue weighted by Crippen LogP contribution is 2.45. The highest BCUT2D eigenvalue weighted by Gasteiger charge is 2.40. The summed E-state index contributed by atoms with van der Waals surface area (Å²) in [6, 6.07) is 0. The summed E-state index contributed by atoms with van der Waals surface area (Å²) in [5.74, 6) is -1.34. The van der Waals surface area contributed by atoms with Gasteiger partial charge >= 0.3 is 0 Å². The number of rotatable bonds is 2. The Kier molecular flexibility index (Phi) is 3.54. The predicted molar refractivity (Wildman–Crippen MR) is 80.7 cm³/mol. The average Bonchev–Trinajstić information content (AvgIpc) is 2.98. The normalized spacial score (nSPS) is 18.8. The number of imidazole rings is 1. The topological polar surface area (TPSA) is 91.0 Å². The number of fused-ring (bicyclic) bond motifs is 1. The minimum atomic E-state index is -0.942. The second-order valence-corrected chi connectivity index (χ2v) is 6.24. The van der Waals surface area contributed by atoms with Crippen LogP contribution < -0.4 is 0 Å². The highest BCUT2D eigenvalue weighted by atomic mass is 79.9. The molecule has 0 aromatic carbocycles. The third kappa shape index (κ3) is 2.26. The minimum absolute atomic E-state index is 0.0510. The van der Waals surface area contributed by atoms with Gasteiger partial charge in [0.25, 0.3) is 11.9 Å². The maximum Gasteiger partial charge on any atom is 0.294 e. The molecule has 9 heteroatoms. The van der Waals surface area contributed by atoms with Gasteiger partial charge in [0.1, 0.15) is 9.98 Å². The Hall–Kier alpha value is -1.74. The lowest BCUT2D eigenvalue weighted by Crippen LogP contribution is -2.28. The molecule has 1 fully saturated rings. The molecule has 1 saturated heterocycles. The van der Waals surface area contributed by atoms with Crippen molar-refractivity contribution in [1.82, 2.24) is 19.3 Å². The fraction of sp³-hybridized carbons (Fsp3) is 0.250. The van der Waals surface area contributed by atoms with Gasteiger partial charge in [0.15, 0.2) is 10.6 Å². The molecule has 7 nitrogen and oxygen atoms in total. The van der Waals surface area contributed by atoms with Crippen molar-refractivity contribution in [2.24, 2.45) is 0 Å². The average molecular weight is 371 g/mol. The van der Waals surface area contributed by atoms with Crippen molar-refractivity contribution in [3.05, 3.63) is 39.7 Å². The van der Waals surface area contributed by atoms with Crippen LogP contribution in [0.15, 0.2) is 34.0 Å². The van der Waals surface area contributed by atoms with Crippen molar-refractivity contribution in [3.63, 3.8) is 0 Å². The maximum absolute atomic E-state index is 12.2. The number of aliphatic hydroxyl groups excluding tert-OH is 1. The van der Waals surface area contributed by atoms with E-state index in [9.17, 15) is 15.0 Å². The van der Waals surface area contributed by atoms with E-state index in [-0.39, 0.29) is 10.3 Å². The Morgan fingerprint density at radius 1 is 1.43 bits per heavy atom. The van der Waals surface area contributed by atoms with E-state index in [0.29, 0.717) is 16.8 Å². The molecule has 3 rings (SSSR count). The van der Waals surface area contributed by atoms with Gasteiger partial charge in [0.05, 0.1) is 18.1 Å². The van der Waals surface area contributed by atoms with Crippen molar-refractivity contribution in [2.45, 2.75) is 12.3 Å². The van der Waals surface area contributed by atoms with E-state index >= 15 is 0 Å². The molecule has 3 heterocycles. The van der Waals surface area contributed by atoms with Crippen molar-refractivity contribution in [1.29, 1.82) is 0 Å². The maximum atomic E-state index is 12.2. The van der Waals surface area contributed by atoms with Crippen LogP contribution in [0.4, 0.5) is 0 Å². The van der Waals surface area contributed by atoms with Crippen LogP contribution >= 0.6 is 27.7 Å². The Labute approximate surface area is 132 Å². The van der Waals surface area contributed by atoms with Crippen LogP contribution in [0.25, 0.3) is 5.65 Å². The van der Waals surface area contributed by atoms with Gasteiger partial charge in [0, 0.05) is 12.7 Å². The van der Waals surface area contributed by atoms with Gasteiger partial charge in [-0.3, -0.25) is 9.20 Å². The first-order valence-electron chi connectivity index (χ1n) is 6.11. The minimum Gasteiger partial charge on any atom is -0.480 e.